The fourth-order valence-corrected chi connectivity index (χ4v) is 2.00. The van der Waals surface area contributed by atoms with E-state index in [-0.39, 0.29) is 0 Å². The number of halogens is 1. The van der Waals surface area contributed by atoms with Crippen molar-refractivity contribution in [3.63, 3.8) is 0 Å². The van der Waals surface area contributed by atoms with Crippen LogP contribution in [0.15, 0.2) is 0 Å². The first kappa shape index (κ1) is 14.4. The number of hydrogen-bond donors (Lipinski definition) is 1. The lowest BCUT2D eigenvalue weighted by Gasteiger charge is -2.20. The number of nitrogens with zero attached hydrogens (tertiary/aromatic N) is 3. The molecule has 1 atom stereocenters. The van der Waals surface area contributed by atoms with E-state index in [2.05, 4.69) is 5.10 Å². The number of hydrogen-bond acceptors (Lipinski definition) is 4. The van der Waals surface area contributed by atoms with Gasteiger partial charge in [0.2, 0.25) is 0 Å². The van der Waals surface area contributed by atoms with Crippen LogP contribution in [0.4, 0.5) is 0 Å². The highest BCUT2D eigenvalue weighted by Crippen LogP contribution is 2.20. The molecular formula is C11H20ClN3O2. The van der Waals surface area contributed by atoms with E-state index in [0.717, 1.165) is 11.4 Å². The summed E-state index contributed by atoms with van der Waals surface area (Å²) >= 11 is 6.16. The summed E-state index contributed by atoms with van der Waals surface area (Å²) < 4.78 is 6.66. The van der Waals surface area contributed by atoms with Crippen LogP contribution in [0, 0.1) is 6.92 Å². The van der Waals surface area contributed by atoms with Crippen molar-refractivity contribution in [3.05, 3.63) is 16.4 Å². The molecule has 1 unspecified atom stereocenters. The second kappa shape index (κ2) is 6.35. The molecule has 0 bridgehead atoms. The SMILES string of the molecule is COCC(O)CN(C)Cc1c(Cl)c(C)nn1C. The average molecular weight is 262 g/mol. The topological polar surface area (TPSA) is 50.5 Å². The van der Waals surface area contributed by atoms with Gasteiger partial charge in [0.15, 0.2) is 0 Å². The van der Waals surface area contributed by atoms with Crippen molar-refractivity contribution in [2.24, 2.45) is 7.05 Å². The second-order valence-corrected chi connectivity index (χ2v) is 4.65. The van der Waals surface area contributed by atoms with Gasteiger partial charge in [0, 0.05) is 27.2 Å². The summed E-state index contributed by atoms with van der Waals surface area (Å²) in [6.45, 7) is 3.40. The highest BCUT2D eigenvalue weighted by molar-refractivity contribution is 6.31. The van der Waals surface area contributed by atoms with Crippen LogP contribution in [-0.4, -0.2) is 53.2 Å². The van der Waals surface area contributed by atoms with Crippen molar-refractivity contribution in [1.82, 2.24) is 14.7 Å². The summed E-state index contributed by atoms with van der Waals surface area (Å²) in [6.07, 6.45) is -0.488. The molecule has 98 valence electrons. The molecule has 6 heteroatoms. The molecule has 17 heavy (non-hydrogen) atoms. The van der Waals surface area contributed by atoms with Gasteiger partial charge in [-0.1, -0.05) is 11.6 Å². The lowest BCUT2D eigenvalue weighted by atomic mass is 10.3. The Morgan fingerprint density at radius 3 is 2.71 bits per heavy atom. The molecule has 1 aromatic rings. The molecule has 0 radical (unpaired) electrons. The average Bonchev–Trinajstić information content (AvgIpc) is 2.45. The predicted octanol–water partition coefficient (Wildman–Crippen LogP) is 0.821. The van der Waals surface area contributed by atoms with E-state index >= 15 is 0 Å². The third-order valence-electron chi connectivity index (χ3n) is 2.56. The van der Waals surface area contributed by atoms with Crippen molar-refractivity contribution in [2.75, 3.05) is 27.3 Å². The molecule has 0 amide bonds. The first-order valence-electron chi connectivity index (χ1n) is 5.49. The fraction of sp³-hybridized carbons (Fsp3) is 0.727. The molecule has 1 N–H and O–H groups in total. The fourth-order valence-electron chi connectivity index (χ4n) is 1.78. The van der Waals surface area contributed by atoms with Crippen LogP contribution in [0.3, 0.4) is 0 Å². The number of ether oxygens (including phenoxy) is 1. The Balaban J connectivity index is 2.58. The molecule has 0 spiro atoms. The minimum Gasteiger partial charge on any atom is -0.389 e. The molecule has 5 nitrogen and oxygen atoms in total. The number of rotatable bonds is 6. The van der Waals surface area contributed by atoms with E-state index < -0.39 is 6.10 Å². The summed E-state index contributed by atoms with van der Waals surface area (Å²) in [6, 6.07) is 0. The van der Waals surface area contributed by atoms with Crippen molar-refractivity contribution in [1.29, 1.82) is 0 Å². The Labute approximate surface area is 107 Å². The van der Waals surface area contributed by atoms with Crippen LogP contribution < -0.4 is 0 Å². The summed E-state index contributed by atoms with van der Waals surface area (Å²) in [5.74, 6) is 0. The van der Waals surface area contributed by atoms with Crippen molar-refractivity contribution >= 4 is 11.6 Å². The highest BCUT2D eigenvalue weighted by Gasteiger charge is 2.14. The smallest absolute Gasteiger partial charge is 0.0900 e. The van der Waals surface area contributed by atoms with E-state index in [9.17, 15) is 5.11 Å². The van der Waals surface area contributed by atoms with E-state index in [0.29, 0.717) is 24.7 Å². The van der Waals surface area contributed by atoms with E-state index in [1.54, 1.807) is 11.8 Å². The second-order valence-electron chi connectivity index (χ2n) is 4.28. The van der Waals surface area contributed by atoms with Crippen LogP contribution in [0.1, 0.15) is 11.4 Å². The molecule has 0 aromatic carbocycles. The van der Waals surface area contributed by atoms with Crippen LogP contribution in [0.2, 0.25) is 5.02 Å². The van der Waals surface area contributed by atoms with Crippen molar-refractivity contribution in [2.45, 2.75) is 19.6 Å². The maximum atomic E-state index is 9.62. The molecule has 0 fully saturated rings. The minimum atomic E-state index is -0.488. The molecule has 1 heterocycles. The maximum Gasteiger partial charge on any atom is 0.0900 e. The third-order valence-corrected chi connectivity index (χ3v) is 3.05. The number of methoxy groups -OCH3 is 1. The number of aliphatic hydroxyl groups is 1. The van der Waals surface area contributed by atoms with Crippen LogP contribution in [0.5, 0.6) is 0 Å². The normalized spacial score (nSPS) is 13.4. The van der Waals surface area contributed by atoms with Crippen LogP contribution in [0.25, 0.3) is 0 Å². The van der Waals surface area contributed by atoms with E-state index in [4.69, 9.17) is 16.3 Å². The van der Waals surface area contributed by atoms with E-state index in [1.807, 2.05) is 25.9 Å². The van der Waals surface area contributed by atoms with Gasteiger partial charge < -0.3 is 9.84 Å². The van der Waals surface area contributed by atoms with Gasteiger partial charge in [-0.15, -0.1) is 0 Å². The van der Waals surface area contributed by atoms with Crippen LogP contribution >= 0.6 is 11.6 Å². The summed E-state index contributed by atoms with van der Waals surface area (Å²) in [4.78, 5) is 1.99. The standard InChI is InChI=1S/C11H20ClN3O2/c1-8-11(12)10(15(3)13-8)6-14(2)5-9(16)7-17-4/h9,16H,5-7H2,1-4H3. The molecule has 0 aliphatic carbocycles. The largest absolute Gasteiger partial charge is 0.389 e. The van der Waals surface area contributed by atoms with Crippen molar-refractivity contribution in [3.8, 4) is 0 Å². The van der Waals surface area contributed by atoms with Crippen LogP contribution in [-0.2, 0) is 18.3 Å². The lowest BCUT2D eigenvalue weighted by Crippen LogP contribution is -2.32. The van der Waals surface area contributed by atoms with Gasteiger partial charge in [-0.3, -0.25) is 9.58 Å². The molecule has 0 saturated carbocycles. The zero-order chi connectivity index (χ0) is 13.0. The van der Waals surface area contributed by atoms with Crippen molar-refractivity contribution < 1.29 is 9.84 Å². The first-order chi connectivity index (χ1) is 7.95. The number of aromatic nitrogens is 2. The lowest BCUT2D eigenvalue weighted by molar-refractivity contribution is 0.0414. The van der Waals surface area contributed by atoms with Gasteiger partial charge in [-0.05, 0) is 14.0 Å². The Morgan fingerprint density at radius 1 is 1.59 bits per heavy atom. The molecule has 1 aromatic heterocycles. The Hall–Kier alpha value is -0.620. The zero-order valence-electron chi connectivity index (χ0n) is 10.8. The summed E-state index contributed by atoms with van der Waals surface area (Å²) in [5, 5.41) is 14.6. The molecule has 0 saturated heterocycles. The third kappa shape index (κ3) is 3.96. The monoisotopic (exact) mass is 261 g/mol. The molecule has 0 aliphatic rings. The summed E-state index contributed by atoms with van der Waals surface area (Å²) in [7, 11) is 5.37. The predicted molar refractivity (Wildman–Crippen MR) is 67.2 cm³/mol. The minimum absolute atomic E-state index is 0.336. The number of aliphatic hydroxyl groups excluding tert-OH is 1. The number of likely N-dealkylation sites (N-methyl/N-ethyl adjacent to an activating group) is 1. The van der Waals surface area contributed by atoms with Gasteiger partial charge in [-0.25, -0.2) is 0 Å². The number of aryl methyl sites for hydroxylation is 2. The zero-order valence-corrected chi connectivity index (χ0v) is 11.5. The van der Waals surface area contributed by atoms with Gasteiger partial charge in [-0.2, -0.15) is 5.10 Å². The first-order valence-corrected chi connectivity index (χ1v) is 5.87. The Morgan fingerprint density at radius 2 is 2.24 bits per heavy atom. The quantitative estimate of drug-likeness (QED) is 0.824. The molecule has 0 aliphatic heterocycles. The van der Waals surface area contributed by atoms with Gasteiger partial charge in [0.05, 0.1) is 29.1 Å². The molecular weight excluding hydrogens is 242 g/mol. The molecule has 1 rings (SSSR count). The Kier molecular flexibility index (Phi) is 5.39. The van der Waals surface area contributed by atoms with Gasteiger partial charge >= 0.3 is 0 Å². The maximum absolute atomic E-state index is 9.62. The Bertz CT molecular complexity index is 368. The van der Waals surface area contributed by atoms with E-state index in [1.165, 1.54) is 0 Å². The van der Waals surface area contributed by atoms with Gasteiger partial charge in [0.25, 0.3) is 0 Å². The summed E-state index contributed by atoms with van der Waals surface area (Å²) in [5.41, 5.74) is 1.78. The van der Waals surface area contributed by atoms with Gasteiger partial charge in [0.1, 0.15) is 0 Å². The highest BCUT2D eigenvalue weighted by atomic mass is 35.5.